The highest BCUT2D eigenvalue weighted by Crippen LogP contribution is 2.19. The molecule has 1 aromatic rings. The van der Waals surface area contributed by atoms with Crippen molar-refractivity contribution in [2.45, 2.75) is 33.3 Å². The molecule has 0 spiro atoms. The fourth-order valence-electron chi connectivity index (χ4n) is 2.01. The standard InChI is InChI=1S/C17H29NO3/c1-14-7-5-6-8-16(14)21-12-15(19)11-18-13-17(2,3)9-10-20-4/h5-8,15,18-19H,9-13H2,1-4H3. The van der Waals surface area contributed by atoms with Crippen LogP contribution in [-0.4, -0.2) is 44.6 Å². The third kappa shape index (κ3) is 7.46. The van der Waals surface area contributed by atoms with E-state index in [1.165, 1.54) is 0 Å². The predicted octanol–water partition coefficient (Wildman–Crippen LogP) is 2.39. The lowest BCUT2D eigenvalue weighted by molar-refractivity contribution is 0.100. The summed E-state index contributed by atoms with van der Waals surface area (Å²) in [6, 6.07) is 7.83. The second-order valence-electron chi connectivity index (χ2n) is 6.27. The van der Waals surface area contributed by atoms with Crippen LogP contribution in [0.15, 0.2) is 24.3 Å². The van der Waals surface area contributed by atoms with Crippen molar-refractivity contribution in [2.75, 3.05) is 33.4 Å². The van der Waals surface area contributed by atoms with Gasteiger partial charge in [0.05, 0.1) is 0 Å². The Kier molecular flexibility index (Phi) is 7.72. The number of hydrogen-bond donors (Lipinski definition) is 2. The van der Waals surface area contributed by atoms with E-state index < -0.39 is 6.10 Å². The van der Waals surface area contributed by atoms with Crippen LogP contribution in [-0.2, 0) is 4.74 Å². The van der Waals surface area contributed by atoms with Gasteiger partial charge in [0.15, 0.2) is 0 Å². The van der Waals surface area contributed by atoms with Gasteiger partial charge in [-0.05, 0) is 30.4 Å². The third-order valence-electron chi connectivity index (χ3n) is 3.49. The molecule has 0 fully saturated rings. The first-order valence-corrected chi connectivity index (χ1v) is 7.51. The van der Waals surface area contributed by atoms with Gasteiger partial charge in [0, 0.05) is 26.8 Å². The van der Waals surface area contributed by atoms with Gasteiger partial charge in [0.2, 0.25) is 0 Å². The van der Waals surface area contributed by atoms with E-state index in [0.717, 1.165) is 30.9 Å². The maximum atomic E-state index is 9.96. The minimum Gasteiger partial charge on any atom is -0.491 e. The predicted molar refractivity (Wildman–Crippen MR) is 85.8 cm³/mol. The average Bonchev–Trinajstić information content (AvgIpc) is 2.44. The highest BCUT2D eigenvalue weighted by atomic mass is 16.5. The molecule has 0 heterocycles. The topological polar surface area (TPSA) is 50.7 Å². The number of benzene rings is 1. The Morgan fingerprint density at radius 2 is 2.00 bits per heavy atom. The van der Waals surface area contributed by atoms with E-state index >= 15 is 0 Å². The molecule has 0 aliphatic heterocycles. The molecule has 1 rings (SSSR count). The number of rotatable bonds is 10. The fourth-order valence-corrected chi connectivity index (χ4v) is 2.01. The minimum atomic E-state index is -0.511. The first-order chi connectivity index (χ1) is 9.94. The summed E-state index contributed by atoms with van der Waals surface area (Å²) in [6.07, 6.45) is 0.481. The summed E-state index contributed by atoms with van der Waals surface area (Å²) in [4.78, 5) is 0. The summed E-state index contributed by atoms with van der Waals surface area (Å²) < 4.78 is 10.7. The zero-order chi connectivity index (χ0) is 15.7. The lowest BCUT2D eigenvalue weighted by Gasteiger charge is -2.25. The Hall–Kier alpha value is -1.10. The third-order valence-corrected chi connectivity index (χ3v) is 3.49. The minimum absolute atomic E-state index is 0.159. The Bertz CT molecular complexity index is 407. The molecule has 0 aliphatic rings. The van der Waals surface area contributed by atoms with E-state index in [2.05, 4.69) is 19.2 Å². The molecule has 2 N–H and O–H groups in total. The van der Waals surface area contributed by atoms with Crippen molar-refractivity contribution in [1.82, 2.24) is 5.32 Å². The van der Waals surface area contributed by atoms with Crippen molar-refractivity contribution in [3.05, 3.63) is 29.8 Å². The van der Waals surface area contributed by atoms with E-state index in [9.17, 15) is 5.11 Å². The normalized spacial score (nSPS) is 13.2. The first kappa shape index (κ1) is 18.0. The number of hydrogen-bond acceptors (Lipinski definition) is 4. The number of nitrogens with one attached hydrogen (secondary N) is 1. The maximum absolute atomic E-state index is 9.96. The van der Waals surface area contributed by atoms with Gasteiger partial charge in [-0.2, -0.15) is 0 Å². The summed E-state index contributed by atoms with van der Waals surface area (Å²) in [5.41, 5.74) is 1.24. The summed E-state index contributed by atoms with van der Waals surface area (Å²) in [5, 5.41) is 13.3. The SMILES string of the molecule is COCCC(C)(C)CNCC(O)COc1ccccc1C. The van der Waals surface area contributed by atoms with Crippen LogP contribution in [0.25, 0.3) is 0 Å². The molecule has 0 radical (unpaired) electrons. The monoisotopic (exact) mass is 295 g/mol. The maximum Gasteiger partial charge on any atom is 0.122 e. The van der Waals surface area contributed by atoms with E-state index in [1.54, 1.807) is 7.11 Å². The van der Waals surface area contributed by atoms with E-state index in [4.69, 9.17) is 9.47 Å². The molecule has 0 bridgehead atoms. The molecule has 21 heavy (non-hydrogen) atoms. The van der Waals surface area contributed by atoms with Crippen molar-refractivity contribution in [3.63, 3.8) is 0 Å². The van der Waals surface area contributed by atoms with Crippen molar-refractivity contribution < 1.29 is 14.6 Å². The van der Waals surface area contributed by atoms with Crippen LogP contribution in [0.5, 0.6) is 5.75 Å². The number of ether oxygens (including phenoxy) is 2. The van der Waals surface area contributed by atoms with Crippen LogP contribution in [0.3, 0.4) is 0 Å². The fraction of sp³-hybridized carbons (Fsp3) is 0.647. The molecule has 0 saturated carbocycles. The highest BCUT2D eigenvalue weighted by molar-refractivity contribution is 5.31. The average molecular weight is 295 g/mol. The number of para-hydroxylation sites is 1. The van der Waals surface area contributed by atoms with Gasteiger partial charge < -0.3 is 19.9 Å². The summed E-state index contributed by atoms with van der Waals surface area (Å²) in [7, 11) is 1.72. The summed E-state index contributed by atoms with van der Waals surface area (Å²) >= 11 is 0. The molecule has 1 aromatic carbocycles. The lowest BCUT2D eigenvalue weighted by atomic mass is 9.90. The van der Waals surface area contributed by atoms with E-state index in [1.807, 2.05) is 31.2 Å². The molecule has 0 amide bonds. The molecule has 0 saturated heterocycles. The van der Waals surface area contributed by atoms with Crippen molar-refractivity contribution in [1.29, 1.82) is 0 Å². The van der Waals surface area contributed by atoms with Crippen LogP contribution >= 0.6 is 0 Å². The van der Waals surface area contributed by atoms with Crippen molar-refractivity contribution in [2.24, 2.45) is 5.41 Å². The second kappa shape index (κ2) is 9.03. The van der Waals surface area contributed by atoms with Gasteiger partial charge in [-0.1, -0.05) is 32.0 Å². The van der Waals surface area contributed by atoms with Gasteiger partial charge in [-0.3, -0.25) is 0 Å². The number of aryl methyl sites for hydroxylation is 1. The molecule has 0 aliphatic carbocycles. The largest absolute Gasteiger partial charge is 0.491 e. The lowest BCUT2D eigenvalue weighted by Crippen LogP contribution is -2.37. The van der Waals surface area contributed by atoms with Crippen LogP contribution in [0.2, 0.25) is 0 Å². The van der Waals surface area contributed by atoms with Crippen LogP contribution in [0.4, 0.5) is 0 Å². The van der Waals surface area contributed by atoms with E-state index in [0.29, 0.717) is 13.2 Å². The molecule has 120 valence electrons. The van der Waals surface area contributed by atoms with Gasteiger partial charge in [-0.15, -0.1) is 0 Å². The van der Waals surface area contributed by atoms with E-state index in [-0.39, 0.29) is 5.41 Å². The smallest absolute Gasteiger partial charge is 0.122 e. The molecular weight excluding hydrogens is 266 g/mol. The van der Waals surface area contributed by atoms with Crippen LogP contribution in [0.1, 0.15) is 25.8 Å². The molecule has 1 atom stereocenters. The van der Waals surface area contributed by atoms with Gasteiger partial charge in [0.25, 0.3) is 0 Å². The summed E-state index contributed by atoms with van der Waals surface area (Å²) in [6.45, 7) is 8.81. The van der Waals surface area contributed by atoms with Crippen molar-refractivity contribution in [3.8, 4) is 5.75 Å². The number of aliphatic hydroxyl groups excluding tert-OH is 1. The van der Waals surface area contributed by atoms with Gasteiger partial charge >= 0.3 is 0 Å². The Balaban J connectivity index is 2.22. The quantitative estimate of drug-likeness (QED) is 0.696. The molecule has 4 nitrogen and oxygen atoms in total. The van der Waals surface area contributed by atoms with Gasteiger partial charge in [0.1, 0.15) is 18.5 Å². The Morgan fingerprint density at radius 1 is 1.29 bits per heavy atom. The molecule has 4 heteroatoms. The molecule has 1 unspecified atom stereocenters. The highest BCUT2D eigenvalue weighted by Gasteiger charge is 2.17. The molecular formula is C17H29NO3. The Morgan fingerprint density at radius 3 is 2.67 bits per heavy atom. The zero-order valence-electron chi connectivity index (χ0n) is 13.7. The Labute approximate surface area is 128 Å². The summed E-state index contributed by atoms with van der Waals surface area (Å²) in [5.74, 6) is 0.831. The zero-order valence-corrected chi connectivity index (χ0v) is 13.7. The number of aliphatic hydroxyl groups is 1. The number of methoxy groups -OCH3 is 1. The molecule has 0 aromatic heterocycles. The van der Waals surface area contributed by atoms with Crippen LogP contribution in [0, 0.1) is 12.3 Å². The second-order valence-corrected chi connectivity index (χ2v) is 6.27. The van der Waals surface area contributed by atoms with Crippen LogP contribution < -0.4 is 10.1 Å². The first-order valence-electron chi connectivity index (χ1n) is 7.51. The van der Waals surface area contributed by atoms with Crippen molar-refractivity contribution >= 4 is 0 Å². The van der Waals surface area contributed by atoms with Gasteiger partial charge in [-0.25, -0.2) is 0 Å².